The van der Waals surface area contributed by atoms with Gasteiger partial charge in [0.15, 0.2) is 0 Å². The first-order chi connectivity index (χ1) is 17.3. The molecule has 194 valence electrons. The third kappa shape index (κ3) is 6.04. The van der Waals surface area contributed by atoms with Crippen molar-refractivity contribution < 1.29 is 22.8 Å². The van der Waals surface area contributed by atoms with E-state index in [1.165, 1.54) is 36.4 Å². The predicted octanol–water partition coefficient (Wildman–Crippen LogP) is 7.95. The Labute approximate surface area is 234 Å². The molecule has 2 atom stereocenters. The zero-order chi connectivity index (χ0) is 27.1. The lowest BCUT2D eigenvalue weighted by Gasteiger charge is -2.15. The first-order valence-corrected chi connectivity index (χ1v) is 12.3. The van der Waals surface area contributed by atoms with Crippen LogP contribution in [-0.2, 0) is 11.0 Å². The molecule has 0 saturated heterocycles. The molecule has 2 unspecified atom stereocenters. The summed E-state index contributed by atoms with van der Waals surface area (Å²) >= 11 is 31.0. The van der Waals surface area contributed by atoms with Gasteiger partial charge in [-0.3, -0.25) is 20.4 Å². The highest BCUT2D eigenvalue weighted by Gasteiger charge is 2.67. The van der Waals surface area contributed by atoms with Crippen molar-refractivity contribution in [3.63, 3.8) is 0 Å². The van der Waals surface area contributed by atoms with E-state index in [0.717, 1.165) is 12.1 Å². The molecular formula is C24H15Cl5F3N3O2. The van der Waals surface area contributed by atoms with Crippen molar-refractivity contribution in [1.82, 2.24) is 5.43 Å². The van der Waals surface area contributed by atoms with E-state index < -0.39 is 39.7 Å². The first kappa shape index (κ1) is 27.7. The molecular weight excluding hydrogens is 597 g/mol. The Hall–Kier alpha value is -2.36. The van der Waals surface area contributed by atoms with E-state index in [9.17, 15) is 22.8 Å². The summed E-state index contributed by atoms with van der Waals surface area (Å²) in [6, 6.07) is 13.4. The zero-order valence-electron chi connectivity index (χ0n) is 18.3. The smallest absolute Gasteiger partial charge is 0.326 e. The van der Waals surface area contributed by atoms with Crippen molar-refractivity contribution in [2.45, 2.75) is 16.4 Å². The molecule has 2 amide bonds. The van der Waals surface area contributed by atoms with Crippen LogP contribution in [0.2, 0.25) is 15.1 Å². The van der Waals surface area contributed by atoms with Gasteiger partial charge in [0.25, 0.3) is 5.91 Å². The number of halogens is 8. The Kier molecular flexibility index (Phi) is 7.79. The molecule has 0 radical (unpaired) electrons. The van der Waals surface area contributed by atoms with Gasteiger partial charge < -0.3 is 5.32 Å². The number of rotatable bonds is 6. The maximum atomic E-state index is 13.2. The number of amides is 2. The Bertz CT molecular complexity index is 1360. The largest absolute Gasteiger partial charge is 0.418 e. The predicted molar refractivity (Wildman–Crippen MR) is 140 cm³/mol. The summed E-state index contributed by atoms with van der Waals surface area (Å²) in [5.41, 5.74) is 3.79. The number of hydrogen-bond donors (Lipinski definition) is 3. The molecule has 3 aromatic carbocycles. The number of anilines is 2. The van der Waals surface area contributed by atoms with E-state index in [1.807, 2.05) is 0 Å². The summed E-state index contributed by atoms with van der Waals surface area (Å²) in [5, 5.41) is 3.35. The number of nitrogens with one attached hydrogen (secondary N) is 3. The molecule has 0 spiro atoms. The molecule has 0 heterocycles. The number of hydrazine groups is 1. The van der Waals surface area contributed by atoms with Crippen LogP contribution in [0.4, 0.5) is 24.5 Å². The minimum absolute atomic E-state index is 0.00306. The summed E-state index contributed by atoms with van der Waals surface area (Å²) in [4.78, 5) is 25.6. The molecule has 3 N–H and O–H groups in total. The molecule has 1 fully saturated rings. The van der Waals surface area contributed by atoms with Crippen molar-refractivity contribution in [2.75, 3.05) is 10.7 Å². The SMILES string of the molecule is O=C(NNc1ccccc1C(F)(F)F)c1cc(NC(=O)C2C(c3cc(Cl)cc(Cl)c3)C2(Cl)Cl)ccc1Cl. The van der Waals surface area contributed by atoms with Gasteiger partial charge in [-0.15, -0.1) is 23.2 Å². The molecule has 0 bridgehead atoms. The fraction of sp³-hybridized carbons (Fsp3) is 0.167. The summed E-state index contributed by atoms with van der Waals surface area (Å²) < 4.78 is 38.1. The Balaban J connectivity index is 1.47. The number of carbonyl (C=O) groups excluding carboxylic acids is 2. The average Bonchev–Trinajstić information content (AvgIpc) is 3.39. The van der Waals surface area contributed by atoms with Crippen LogP contribution in [0.3, 0.4) is 0 Å². The molecule has 1 aliphatic rings. The van der Waals surface area contributed by atoms with E-state index in [2.05, 4.69) is 16.2 Å². The first-order valence-electron chi connectivity index (χ1n) is 10.5. The third-order valence-corrected chi connectivity index (χ3v) is 7.31. The number of alkyl halides is 5. The summed E-state index contributed by atoms with van der Waals surface area (Å²) in [5.74, 6) is -2.80. The topological polar surface area (TPSA) is 70.2 Å². The molecule has 13 heteroatoms. The van der Waals surface area contributed by atoms with E-state index in [1.54, 1.807) is 12.1 Å². The minimum atomic E-state index is -4.63. The lowest BCUT2D eigenvalue weighted by Crippen LogP contribution is -2.31. The van der Waals surface area contributed by atoms with Gasteiger partial charge in [-0.25, -0.2) is 0 Å². The second-order valence-electron chi connectivity index (χ2n) is 8.14. The van der Waals surface area contributed by atoms with Crippen molar-refractivity contribution in [1.29, 1.82) is 0 Å². The number of para-hydroxylation sites is 1. The Morgan fingerprint density at radius 2 is 1.54 bits per heavy atom. The maximum absolute atomic E-state index is 13.2. The second-order valence-corrected chi connectivity index (χ2v) is 10.9. The van der Waals surface area contributed by atoms with Gasteiger partial charge in [-0.05, 0) is 54.1 Å². The van der Waals surface area contributed by atoms with Gasteiger partial charge in [-0.2, -0.15) is 13.2 Å². The van der Waals surface area contributed by atoms with E-state index in [-0.39, 0.29) is 22.0 Å². The standard InChI is InChI=1S/C24H15Cl5F3N3O2/c25-12-7-11(8-13(26)9-12)19-20(23(19,28)29)22(37)33-14-5-6-17(27)15(10-14)21(36)35-34-18-4-2-1-3-16(18)24(30,31)32/h1-10,19-20,34H,(H,33,37)(H,35,36). The van der Waals surface area contributed by atoms with Gasteiger partial charge >= 0.3 is 6.18 Å². The number of benzene rings is 3. The van der Waals surface area contributed by atoms with Gasteiger partial charge in [0.05, 0.1) is 27.8 Å². The van der Waals surface area contributed by atoms with Crippen LogP contribution >= 0.6 is 58.0 Å². The van der Waals surface area contributed by atoms with E-state index in [0.29, 0.717) is 15.6 Å². The van der Waals surface area contributed by atoms with Crippen LogP contribution < -0.4 is 16.2 Å². The van der Waals surface area contributed by atoms with Crippen molar-refractivity contribution in [3.8, 4) is 0 Å². The molecule has 37 heavy (non-hydrogen) atoms. The van der Waals surface area contributed by atoms with E-state index in [4.69, 9.17) is 58.0 Å². The lowest BCUT2D eigenvalue weighted by molar-refractivity contribution is -0.137. The van der Waals surface area contributed by atoms with Gasteiger partial charge in [0.1, 0.15) is 4.33 Å². The zero-order valence-corrected chi connectivity index (χ0v) is 22.0. The molecule has 1 saturated carbocycles. The van der Waals surface area contributed by atoms with Crippen LogP contribution in [0.1, 0.15) is 27.4 Å². The summed E-state index contributed by atoms with van der Waals surface area (Å²) in [7, 11) is 0. The monoisotopic (exact) mass is 609 g/mol. The third-order valence-electron chi connectivity index (χ3n) is 5.60. The normalized spacial score (nSPS) is 18.2. The van der Waals surface area contributed by atoms with Crippen LogP contribution in [0.15, 0.2) is 60.7 Å². The molecule has 4 rings (SSSR count). The fourth-order valence-electron chi connectivity index (χ4n) is 3.85. The average molecular weight is 612 g/mol. The van der Waals surface area contributed by atoms with Crippen LogP contribution in [0, 0.1) is 5.92 Å². The second kappa shape index (κ2) is 10.4. The number of hydrogen-bond acceptors (Lipinski definition) is 3. The van der Waals surface area contributed by atoms with Crippen LogP contribution in [0.25, 0.3) is 0 Å². The quantitative estimate of drug-likeness (QED) is 0.196. The highest BCUT2D eigenvalue weighted by molar-refractivity contribution is 6.53. The van der Waals surface area contributed by atoms with Crippen LogP contribution in [0.5, 0.6) is 0 Å². The van der Waals surface area contributed by atoms with Gasteiger partial charge in [-0.1, -0.05) is 46.9 Å². The maximum Gasteiger partial charge on any atom is 0.418 e. The number of carbonyl (C=O) groups is 2. The molecule has 1 aliphatic carbocycles. The minimum Gasteiger partial charge on any atom is -0.326 e. The highest BCUT2D eigenvalue weighted by atomic mass is 35.5. The van der Waals surface area contributed by atoms with Gasteiger partial charge in [0, 0.05) is 21.7 Å². The van der Waals surface area contributed by atoms with Crippen molar-refractivity contribution >= 4 is 81.2 Å². The van der Waals surface area contributed by atoms with Crippen molar-refractivity contribution in [3.05, 3.63) is 92.4 Å². The highest BCUT2D eigenvalue weighted by Crippen LogP contribution is 2.65. The van der Waals surface area contributed by atoms with Crippen molar-refractivity contribution in [2.24, 2.45) is 5.92 Å². The van der Waals surface area contributed by atoms with Crippen LogP contribution in [-0.4, -0.2) is 16.1 Å². The summed E-state index contributed by atoms with van der Waals surface area (Å²) in [6.07, 6.45) is -4.63. The molecule has 0 aliphatic heterocycles. The lowest BCUT2D eigenvalue weighted by atomic mass is 10.1. The van der Waals surface area contributed by atoms with Gasteiger partial charge in [0.2, 0.25) is 5.91 Å². The molecule has 0 aromatic heterocycles. The summed E-state index contributed by atoms with van der Waals surface area (Å²) in [6.45, 7) is 0. The fourth-order valence-corrected chi connectivity index (χ4v) is 5.42. The molecule has 3 aromatic rings. The van der Waals surface area contributed by atoms with E-state index >= 15 is 0 Å². The Morgan fingerprint density at radius 3 is 2.19 bits per heavy atom. The molecule has 5 nitrogen and oxygen atoms in total. The Morgan fingerprint density at radius 1 is 0.892 bits per heavy atom.